The summed E-state index contributed by atoms with van der Waals surface area (Å²) in [5.41, 5.74) is 1.34. The molecular weight excluding hydrogens is 320 g/mol. The van der Waals surface area contributed by atoms with E-state index in [1.807, 2.05) is 0 Å². The molecule has 1 aliphatic heterocycles. The third kappa shape index (κ3) is 2.99. The van der Waals surface area contributed by atoms with E-state index < -0.39 is 10.0 Å². The molecule has 5 nitrogen and oxygen atoms in total. The van der Waals surface area contributed by atoms with Crippen LogP contribution in [0.4, 0.5) is 0 Å². The fraction of sp³-hybridized carbons (Fsp3) is 0.467. The van der Waals surface area contributed by atoms with Crippen LogP contribution in [0.1, 0.15) is 30.2 Å². The smallest absolute Gasteiger partial charge is 0.275 e. The molecule has 0 aromatic carbocycles. The Hall–Kier alpha value is -1.15. The Morgan fingerprint density at radius 2 is 2.18 bits per heavy atom. The highest BCUT2D eigenvalue weighted by Crippen LogP contribution is 2.34. The Kier molecular flexibility index (Phi) is 4.40. The van der Waals surface area contributed by atoms with Crippen LogP contribution in [0.15, 0.2) is 38.5 Å². The molecule has 3 rings (SSSR count). The van der Waals surface area contributed by atoms with Crippen molar-refractivity contribution in [3.63, 3.8) is 0 Å². The maximum absolute atomic E-state index is 12.1. The van der Waals surface area contributed by atoms with Crippen molar-refractivity contribution in [3.8, 4) is 0 Å². The summed E-state index contributed by atoms with van der Waals surface area (Å²) in [5.74, 6) is 0.697. The predicted octanol–water partition coefficient (Wildman–Crippen LogP) is 2.93. The topological polar surface area (TPSA) is 53.8 Å². The number of sulfonamides is 1. The summed E-state index contributed by atoms with van der Waals surface area (Å²) in [4.78, 5) is 2.35. The van der Waals surface area contributed by atoms with Crippen LogP contribution in [0.5, 0.6) is 0 Å². The van der Waals surface area contributed by atoms with Gasteiger partial charge in [0.2, 0.25) is 5.09 Å². The van der Waals surface area contributed by atoms with Gasteiger partial charge in [0, 0.05) is 20.1 Å². The molecule has 0 aliphatic carbocycles. The molecule has 0 bridgehead atoms. The summed E-state index contributed by atoms with van der Waals surface area (Å²) >= 11 is 1.71. The molecule has 1 aliphatic rings. The highest BCUT2D eigenvalue weighted by Gasteiger charge is 2.28. The maximum atomic E-state index is 12.1. The molecular formula is C15H20N2O3S2. The molecule has 3 heterocycles. The minimum atomic E-state index is -3.50. The summed E-state index contributed by atoms with van der Waals surface area (Å²) in [6.07, 6.45) is 2.30. The zero-order chi connectivity index (χ0) is 15.7. The molecule has 0 radical (unpaired) electrons. The van der Waals surface area contributed by atoms with Crippen molar-refractivity contribution < 1.29 is 12.8 Å². The van der Waals surface area contributed by atoms with Crippen molar-refractivity contribution in [1.82, 2.24) is 9.21 Å². The Bertz CT molecular complexity index is 720. The summed E-state index contributed by atoms with van der Waals surface area (Å²) in [6, 6.07) is 5.88. The summed E-state index contributed by atoms with van der Waals surface area (Å²) in [5, 5.41) is 4.30. The molecule has 0 spiro atoms. The van der Waals surface area contributed by atoms with E-state index in [0.717, 1.165) is 19.4 Å². The zero-order valence-corrected chi connectivity index (χ0v) is 14.4. The van der Waals surface area contributed by atoms with Gasteiger partial charge in [-0.05, 0) is 53.9 Å². The molecule has 120 valence electrons. The Balaban J connectivity index is 1.75. The average Bonchev–Trinajstić information content (AvgIpc) is 3.19. The first-order valence-electron chi connectivity index (χ1n) is 7.26. The first kappa shape index (κ1) is 15.7. The average molecular weight is 340 g/mol. The van der Waals surface area contributed by atoms with Crippen LogP contribution in [-0.4, -0.2) is 38.3 Å². The molecule has 7 heteroatoms. The van der Waals surface area contributed by atoms with Crippen LogP contribution in [-0.2, 0) is 16.6 Å². The second-order valence-electron chi connectivity index (χ2n) is 5.69. The van der Waals surface area contributed by atoms with Crippen LogP contribution < -0.4 is 0 Å². The largest absolute Gasteiger partial charge is 0.447 e. The highest BCUT2D eigenvalue weighted by molar-refractivity contribution is 7.88. The van der Waals surface area contributed by atoms with Crippen molar-refractivity contribution in [2.24, 2.45) is 0 Å². The van der Waals surface area contributed by atoms with E-state index in [0.29, 0.717) is 18.3 Å². The van der Waals surface area contributed by atoms with Gasteiger partial charge in [0.05, 0.1) is 6.54 Å². The van der Waals surface area contributed by atoms with Gasteiger partial charge in [-0.3, -0.25) is 4.90 Å². The summed E-state index contributed by atoms with van der Waals surface area (Å²) in [6.45, 7) is 1.65. The number of furan rings is 1. The number of hydrogen-bond acceptors (Lipinski definition) is 5. The van der Waals surface area contributed by atoms with Gasteiger partial charge in [0.1, 0.15) is 5.76 Å². The molecule has 0 saturated carbocycles. The third-order valence-electron chi connectivity index (χ3n) is 4.02. The Labute approximate surface area is 135 Å². The molecule has 2 aromatic rings. The van der Waals surface area contributed by atoms with Gasteiger partial charge in [0.25, 0.3) is 10.0 Å². The molecule has 0 N–H and O–H groups in total. The van der Waals surface area contributed by atoms with E-state index in [-0.39, 0.29) is 5.09 Å². The number of thiophene rings is 1. The monoisotopic (exact) mass is 340 g/mol. The van der Waals surface area contributed by atoms with E-state index in [1.165, 1.54) is 24.0 Å². The van der Waals surface area contributed by atoms with E-state index in [2.05, 4.69) is 21.7 Å². The minimum Gasteiger partial charge on any atom is -0.447 e. The second kappa shape index (κ2) is 6.16. The lowest BCUT2D eigenvalue weighted by Crippen LogP contribution is -2.22. The molecule has 2 aromatic heterocycles. The van der Waals surface area contributed by atoms with Crippen LogP contribution in [0.3, 0.4) is 0 Å². The zero-order valence-electron chi connectivity index (χ0n) is 12.7. The normalized spacial score (nSPS) is 20.0. The van der Waals surface area contributed by atoms with Gasteiger partial charge in [-0.1, -0.05) is 0 Å². The van der Waals surface area contributed by atoms with Crippen LogP contribution >= 0.6 is 11.3 Å². The van der Waals surface area contributed by atoms with Crippen LogP contribution in [0.2, 0.25) is 0 Å². The maximum Gasteiger partial charge on any atom is 0.275 e. The van der Waals surface area contributed by atoms with E-state index >= 15 is 0 Å². The highest BCUT2D eigenvalue weighted by atomic mass is 32.2. The summed E-state index contributed by atoms with van der Waals surface area (Å²) in [7, 11) is -0.487. The van der Waals surface area contributed by atoms with Gasteiger partial charge < -0.3 is 4.42 Å². The first-order valence-corrected chi connectivity index (χ1v) is 9.64. The molecule has 0 amide bonds. The fourth-order valence-electron chi connectivity index (χ4n) is 2.82. The lowest BCUT2D eigenvalue weighted by Gasteiger charge is -2.22. The molecule has 1 fully saturated rings. The Morgan fingerprint density at radius 3 is 2.86 bits per heavy atom. The van der Waals surface area contributed by atoms with Crippen molar-refractivity contribution in [3.05, 3.63) is 40.3 Å². The second-order valence-corrected chi connectivity index (χ2v) is 8.56. The molecule has 1 saturated heterocycles. The first-order chi connectivity index (χ1) is 10.5. The number of nitrogens with zero attached hydrogens (tertiary/aromatic N) is 2. The van der Waals surface area contributed by atoms with E-state index in [9.17, 15) is 8.42 Å². The molecule has 22 heavy (non-hydrogen) atoms. The minimum absolute atomic E-state index is 0.0128. The van der Waals surface area contributed by atoms with E-state index in [4.69, 9.17) is 4.42 Å². The number of likely N-dealkylation sites (tertiary alicyclic amines) is 1. The van der Waals surface area contributed by atoms with Gasteiger partial charge in [-0.15, -0.1) is 0 Å². The Morgan fingerprint density at radius 1 is 1.36 bits per heavy atom. The van der Waals surface area contributed by atoms with E-state index in [1.54, 1.807) is 23.5 Å². The van der Waals surface area contributed by atoms with Crippen LogP contribution in [0.25, 0.3) is 0 Å². The van der Waals surface area contributed by atoms with Gasteiger partial charge >= 0.3 is 0 Å². The van der Waals surface area contributed by atoms with Crippen LogP contribution in [0, 0.1) is 0 Å². The van der Waals surface area contributed by atoms with Crippen molar-refractivity contribution in [2.75, 3.05) is 20.6 Å². The van der Waals surface area contributed by atoms with Gasteiger partial charge in [-0.2, -0.15) is 11.3 Å². The lowest BCUT2D eigenvalue weighted by atomic mass is 10.1. The lowest BCUT2D eigenvalue weighted by molar-refractivity contribution is 0.221. The standard InChI is InChI=1S/C15H20N2O3S2/c1-16(2)22(18,19)15-6-5-13(20-15)10-17-8-3-4-14(17)12-7-9-21-11-12/h5-7,9,11,14H,3-4,8,10H2,1-2H3/t14-/m0/s1. The quantitative estimate of drug-likeness (QED) is 0.840. The fourth-order valence-corrected chi connectivity index (χ4v) is 4.34. The van der Waals surface area contributed by atoms with Crippen molar-refractivity contribution >= 4 is 21.4 Å². The van der Waals surface area contributed by atoms with Crippen molar-refractivity contribution in [1.29, 1.82) is 0 Å². The predicted molar refractivity (Wildman–Crippen MR) is 86.3 cm³/mol. The van der Waals surface area contributed by atoms with Gasteiger partial charge in [0.15, 0.2) is 0 Å². The number of rotatable bonds is 5. The number of hydrogen-bond donors (Lipinski definition) is 0. The summed E-state index contributed by atoms with van der Waals surface area (Å²) < 4.78 is 30.8. The molecule has 0 unspecified atom stereocenters. The molecule has 1 atom stereocenters. The SMILES string of the molecule is CN(C)S(=O)(=O)c1ccc(CN2CCC[C@H]2c2ccsc2)o1. The van der Waals surface area contributed by atoms with Crippen molar-refractivity contribution in [2.45, 2.75) is 30.5 Å². The van der Waals surface area contributed by atoms with Gasteiger partial charge in [-0.25, -0.2) is 12.7 Å². The third-order valence-corrected chi connectivity index (χ3v) is 6.41.